The van der Waals surface area contributed by atoms with Gasteiger partial charge in [-0.15, -0.1) is 0 Å². The average Bonchev–Trinajstić information content (AvgIpc) is 2.46. The summed E-state index contributed by atoms with van der Waals surface area (Å²) in [5.41, 5.74) is 0.606. The molecule has 1 aliphatic heterocycles. The summed E-state index contributed by atoms with van der Waals surface area (Å²) in [6, 6.07) is 5.79. The Morgan fingerprint density at radius 2 is 2.22 bits per heavy atom. The van der Waals surface area contributed by atoms with E-state index in [1.807, 2.05) is 19.2 Å². The fourth-order valence-corrected chi connectivity index (χ4v) is 2.02. The van der Waals surface area contributed by atoms with Gasteiger partial charge >= 0.3 is 0 Å². The zero-order valence-electron chi connectivity index (χ0n) is 10.8. The SMILES string of the molecule is CN(CCN1CCNCC1)c1ccc(C#N)cn1. The summed E-state index contributed by atoms with van der Waals surface area (Å²) in [6.45, 7) is 6.42. The molecule has 5 heteroatoms. The van der Waals surface area contributed by atoms with Crippen molar-refractivity contribution in [2.45, 2.75) is 0 Å². The van der Waals surface area contributed by atoms with E-state index in [0.717, 1.165) is 45.1 Å². The van der Waals surface area contributed by atoms with Crippen molar-refractivity contribution in [1.82, 2.24) is 15.2 Å². The summed E-state index contributed by atoms with van der Waals surface area (Å²) in [5, 5.41) is 12.1. The predicted molar refractivity (Wildman–Crippen MR) is 71.5 cm³/mol. The van der Waals surface area contributed by atoms with Gasteiger partial charge in [0.15, 0.2) is 0 Å². The van der Waals surface area contributed by atoms with Crippen LogP contribution in [0.5, 0.6) is 0 Å². The minimum absolute atomic E-state index is 0.606. The number of nitriles is 1. The molecular formula is C13H19N5. The van der Waals surface area contributed by atoms with Crippen LogP contribution in [0.15, 0.2) is 18.3 Å². The first-order valence-corrected chi connectivity index (χ1v) is 6.30. The van der Waals surface area contributed by atoms with Gasteiger partial charge in [-0.2, -0.15) is 5.26 Å². The Bertz CT molecular complexity index is 402. The first-order valence-electron chi connectivity index (χ1n) is 6.30. The number of piperazine rings is 1. The van der Waals surface area contributed by atoms with Crippen LogP contribution in [0.3, 0.4) is 0 Å². The fourth-order valence-electron chi connectivity index (χ4n) is 2.02. The van der Waals surface area contributed by atoms with Crippen LogP contribution in [0, 0.1) is 11.3 Å². The molecule has 1 aromatic heterocycles. The normalized spacial score (nSPS) is 16.2. The third-order valence-corrected chi connectivity index (χ3v) is 3.23. The van der Waals surface area contributed by atoms with Crippen molar-refractivity contribution in [2.75, 3.05) is 51.2 Å². The molecule has 0 spiro atoms. The topological polar surface area (TPSA) is 55.2 Å². The number of nitrogens with zero attached hydrogens (tertiary/aromatic N) is 4. The molecule has 1 fully saturated rings. The summed E-state index contributed by atoms with van der Waals surface area (Å²) < 4.78 is 0. The lowest BCUT2D eigenvalue weighted by Crippen LogP contribution is -2.46. The van der Waals surface area contributed by atoms with E-state index < -0.39 is 0 Å². The second kappa shape index (κ2) is 6.34. The van der Waals surface area contributed by atoms with Gasteiger partial charge in [-0.1, -0.05) is 0 Å². The van der Waals surface area contributed by atoms with Gasteiger partial charge in [0.25, 0.3) is 0 Å². The first-order chi connectivity index (χ1) is 8.79. The van der Waals surface area contributed by atoms with E-state index in [9.17, 15) is 0 Å². The molecule has 1 aromatic rings. The number of likely N-dealkylation sites (N-methyl/N-ethyl adjacent to an activating group) is 1. The molecule has 0 aliphatic carbocycles. The Labute approximate surface area is 108 Å². The third kappa shape index (κ3) is 3.42. The lowest BCUT2D eigenvalue weighted by molar-refractivity contribution is 0.246. The smallest absolute Gasteiger partial charge is 0.128 e. The maximum atomic E-state index is 8.72. The lowest BCUT2D eigenvalue weighted by Gasteiger charge is -2.29. The standard InChI is InChI=1S/C13H19N5/c1-17(8-9-18-6-4-15-5-7-18)13-3-2-12(10-14)11-16-13/h2-3,11,15H,4-9H2,1H3. The van der Waals surface area contributed by atoms with Crippen molar-refractivity contribution >= 4 is 5.82 Å². The van der Waals surface area contributed by atoms with Crippen LogP contribution in [-0.4, -0.2) is 56.2 Å². The number of hydrogen-bond acceptors (Lipinski definition) is 5. The zero-order valence-corrected chi connectivity index (χ0v) is 10.8. The van der Waals surface area contributed by atoms with E-state index in [-0.39, 0.29) is 0 Å². The molecule has 0 unspecified atom stereocenters. The molecule has 2 rings (SSSR count). The summed E-state index contributed by atoms with van der Waals surface area (Å²) >= 11 is 0. The minimum Gasteiger partial charge on any atom is -0.358 e. The highest BCUT2D eigenvalue weighted by atomic mass is 15.2. The van der Waals surface area contributed by atoms with E-state index in [1.54, 1.807) is 6.20 Å². The van der Waals surface area contributed by atoms with Gasteiger partial charge in [0.2, 0.25) is 0 Å². The number of anilines is 1. The molecule has 1 saturated heterocycles. The Balaban J connectivity index is 1.83. The summed E-state index contributed by atoms with van der Waals surface area (Å²) in [7, 11) is 2.04. The highest BCUT2D eigenvalue weighted by Gasteiger charge is 2.10. The number of hydrogen-bond donors (Lipinski definition) is 1. The maximum Gasteiger partial charge on any atom is 0.128 e. The summed E-state index contributed by atoms with van der Waals surface area (Å²) in [5.74, 6) is 0.920. The van der Waals surface area contributed by atoms with E-state index in [4.69, 9.17) is 5.26 Å². The van der Waals surface area contributed by atoms with Crippen LogP contribution < -0.4 is 10.2 Å². The number of nitrogens with one attached hydrogen (secondary N) is 1. The molecule has 2 heterocycles. The monoisotopic (exact) mass is 245 g/mol. The van der Waals surface area contributed by atoms with Crippen LogP contribution in [0.2, 0.25) is 0 Å². The number of rotatable bonds is 4. The van der Waals surface area contributed by atoms with Crippen molar-refractivity contribution in [1.29, 1.82) is 5.26 Å². The Morgan fingerprint density at radius 3 is 2.83 bits per heavy atom. The van der Waals surface area contributed by atoms with Gasteiger partial charge < -0.3 is 10.2 Å². The van der Waals surface area contributed by atoms with E-state index >= 15 is 0 Å². The fraction of sp³-hybridized carbons (Fsp3) is 0.538. The van der Waals surface area contributed by atoms with E-state index in [0.29, 0.717) is 5.56 Å². The Hall–Kier alpha value is -1.64. The lowest BCUT2D eigenvalue weighted by atomic mass is 10.3. The van der Waals surface area contributed by atoms with E-state index in [1.165, 1.54) is 0 Å². The first kappa shape index (κ1) is 12.8. The molecule has 0 atom stereocenters. The van der Waals surface area contributed by atoms with Crippen molar-refractivity contribution in [3.63, 3.8) is 0 Å². The van der Waals surface area contributed by atoms with Crippen LogP contribution >= 0.6 is 0 Å². The van der Waals surface area contributed by atoms with Crippen LogP contribution in [0.4, 0.5) is 5.82 Å². The molecular weight excluding hydrogens is 226 g/mol. The molecule has 18 heavy (non-hydrogen) atoms. The molecule has 0 saturated carbocycles. The van der Waals surface area contributed by atoms with Gasteiger partial charge in [0, 0.05) is 52.5 Å². The van der Waals surface area contributed by atoms with Crippen LogP contribution in [0.25, 0.3) is 0 Å². The Kier molecular flexibility index (Phi) is 4.51. The molecule has 0 amide bonds. The van der Waals surface area contributed by atoms with Crippen molar-refractivity contribution < 1.29 is 0 Å². The van der Waals surface area contributed by atoms with Gasteiger partial charge in [-0.3, -0.25) is 4.90 Å². The van der Waals surface area contributed by atoms with Crippen molar-refractivity contribution in [3.8, 4) is 6.07 Å². The molecule has 96 valence electrons. The maximum absolute atomic E-state index is 8.72. The summed E-state index contributed by atoms with van der Waals surface area (Å²) in [4.78, 5) is 8.87. The molecule has 0 aromatic carbocycles. The highest BCUT2D eigenvalue weighted by molar-refractivity contribution is 5.40. The quantitative estimate of drug-likeness (QED) is 0.826. The van der Waals surface area contributed by atoms with Gasteiger partial charge in [0.1, 0.15) is 11.9 Å². The van der Waals surface area contributed by atoms with Gasteiger partial charge in [-0.25, -0.2) is 4.98 Å². The van der Waals surface area contributed by atoms with Crippen molar-refractivity contribution in [3.05, 3.63) is 23.9 Å². The molecule has 0 bridgehead atoms. The van der Waals surface area contributed by atoms with E-state index in [2.05, 4.69) is 26.2 Å². The summed E-state index contributed by atoms with van der Waals surface area (Å²) in [6.07, 6.45) is 1.62. The highest BCUT2D eigenvalue weighted by Crippen LogP contribution is 2.08. The van der Waals surface area contributed by atoms with Crippen LogP contribution in [0.1, 0.15) is 5.56 Å². The predicted octanol–water partition coefficient (Wildman–Crippen LogP) is 0.295. The molecule has 1 aliphatic rings. The molecule has 0 radical (unpaired) electrons. The third-order valence-electron chi connectivity index (χ3n) is 3.23. The minimum atomic E-state index is 0.606. The molecule has 5 nitrogen and oxygen atoms in total. The Morgan fingerprint density at radius 1 is 1.44 bits per heavy atom. The molecule has 1 N–H and O–H groups in total. The second-order valence-electron chi connectivity index (χ2n) is 4.53. The zero-order chi connectivity index (χ0) is 12.8. The van der Waals surface area contributed by atoms with Gasteiger partial charge in [0.05, 0.1) is 5.56 Å². The number of pyridine rings is 1. The van der Waals surface area contributed by atoms with Crippen LogP contribution in [-0.2, 0) is 0 Å². The second-order valence-corrected chi connectivity index (χ2v) is 4.53. The van der Waals surface area contributed by atoms with Gasteiger partial charge in [-0.05, 0) is 12.1 Å². The largest absolute Gasteiger partial charge is 0.358 e. The average molecular weight is 245 g/mol. The van der Waals surface area contributed by atoms with Crippen molar-refractivity contribution in [2.24, 2.45) is 0 Å². The number of aromatic nitrogens is 1.